The molecule has 2 amide bonds. The van der Waals surface area contributed by atoms with Gasteiger partial charge in [0.15, 0.2) is 11.5 Å². The molecule has 1 aliphatic carbocycles. The number of carbonyl (C=O) groups is 2. The van der Waals surface area contributed by atoms with Gasteiger partial charge in [0.2, 0.25) is 11.8 Å². The zero-order chi connectivity index (χ0) is 35.7. The number of hydrogen-bond donors (Lipinski definition) is 3. The fraction of sp³-hybridized carbons (Fsp3) is 0.471. The molecular weight excluding hydrogens is 759 g/mol. The van der Waals surface area contributed by atoms with Gasteiger partial charge in [-0.3, -0.25) is 9.59 Å². The highest BCUT2D eigenvalue weighted by Gasteiger charge is 2.55. The number of alkyl halides is 6. The Morgan fingerprint density at radius 1 is 1.04 bits per heavy atom. The van der Waals surface area contributed by atoms with Crippen molar-refractivity contribution in [3.63, 3.8) is 0 Å². The van der Waals surface area contributed by atoms with Crippen LogP contribution in [-0.2, 0) is 21.9 Å². The first kappa shape index (κ1) is 37.7. The van der Waals surface area contributed by atoms with E-state index >= 15 is 0 Å². The van der Waals surface area contributed by atoms with Gasteiger partial charge in [0, 0.05) is 5.92 Å². The third-order valence-corrected chi connectivity index (χ3v) is 9.78. The second kappa shape index (κ2) is 14.8. The molecule has 0 radical (unpaired) electrons. The minimum absolute atomic E-state index is 0.0112. The van der Waals surface area contributed by atoms with Crippen LogP contribution in [0.2, 0.25) is 0 Å². The molecule has 2 aromatic carbocycles. The Labute approximate surface area is 287 Å². The summed E-state index contributed by atoms with van der Waals surface area (Å²) in [4.78, 5) is 27.8. The monoisotopic (exact) mass is 795 g/mol. The van der Waals surface area contributed by atoms with E-state index in [4.69, 9.17) is 4.74 Å². The molecule has 0 saturated carbocycles. The van der Waals surface area contributed by atoms with E-state index in [2.05, 4.69) is 0 Å². The zero-order valence-electron chi connectivity index (χ0n) is 26.4. The average Bonchev–Trinajstić information content (AvgIpc) is 3.27. The van der Waals surface area contributed by atoms with E-state index in [1.165, 1.54) is 7.11 Å². The Bertz CT molecular complexity index is 1590. The third-order valence-electron chi connectivity index (χ3n) is 8.96. The summed E-state index contributed by atoms with van der Waals surface area (Å²) < 4.78 is 87.5. The minimum Gasteiger partial charge on any atom is -0.504 e. The van der Waals surface area contributed by atoms with Crippen molar-refractivity contribution in [2.75, 3.05) is 18.6 Å². The van der Waals surface area contributed by atoms with Crippen molar-refractivity contribution in [3.8, 4) is 11.5 Å². The zero-order valence-corrected chi connectivity index (χ0v) is 28.5. The molecule has 1 fully saturated rings. The number of hydrogen-bond acceptors (Lipinski definition) is 6. The third kappa shape index (κ3) is 7.70. The maximum Gasteiger partial charge on any atom is 0.416 e. The van der Waals surface area contributed by atoms with Crippen molar-refractivity contribution >= 4 is 46.2 Å². The van der Waals surface area contributed by atoms with Gasteiger partial charge in [0.1, 0.15) is 0 Å². The number of phenolic OH excluding ortho intramolecular Hbond substituents is 1. The van der Waals surface area contributed by atoms with Gasteiger partial charge < -0.3 is 20.1 Å². The maximum absolute atomic E-state index is 13.8. The highest BCUT2D eigenvalue weighted by molar-refractivity contribution is 14.1. The van der Waals surface area contributed by atoms with Crippen molar-refractivity contribution in [3.05, 3.63) is 67.3 Å². The molecule has 0 unspecified atom stereocenters. The SMILES string of the molecule is CCCC1=C([C@H](O)CC/C(=C/c2cc(I)c(O)c(OC)c2)CC)[C@H](CO)[C@@H]2C(=O)N(c3cc(C(F)(F)F)cc(C(F)(F)F)c3)C(=O)[C@@H]2C1. The van der Waals surface area contributed by atoms with Crippen molar-refractivity contribution in [1.82, 2.24) is 0 Å². The maximum atomic E-state index is 13.8. The van der Waals surface area contributed by atoms with Crippen LogP contribution in [0.4, 0.5) is 32.0 Å². The summed E-state index contributed by atoms with van der Waals surface area (Å²) in [7, 11) is 1.44. The molecule has 7 nitrogen and oxygen atoms in total. The fourth-order valence-corrected chi connectivity index (χ4v) is 7.34. The molecule has 0 aromatic heterocycles. The molecule has 0 spiro atoms. The Balaban J connectivity index is 1.67. The number of amides is 2. The topological polar surface area (TPSA) is 107 Å². The number of rotatable bonds is 11. The molecule has 3 N–H and O–H groups in total. The van der Waals surface area contributed by atoms with Gasteiger partial charge in [-0.15, -0.1) is 0 Å². The van der Waals surface area contributed by atoms with Crippen LogP contribution < -0.4 is 9.64 Å². The Morgan fingerprint density at radius 3 is 2.19 bits per heavy atom. The lowest BCUT2D eigenvalue weighted by atomic mass is 9.67. The predicted molar refractivity (Wildman–Crippen MR) is 174 cm³/mol. The number of carbonyl (C=O) groups excluding carboxylic acids is 2. The summed E-state index contributed by atoms with van der Waals surface area (Å²) in [6.07, 6.45) is -7.49. The van der Waals surface area contributed by atoms with Crippen molar-refractivity contribution in [1.29, 1.82) is 0 Å². The number of aromatic hydroxyl groups is 1. The van der Waals surface area contributed by atoms with E-state index in [-0.39, 0.29) is 24.7 Å². The Hall–Kier alpha value is -3.11. The van der Waals surface area contributed by atoms with Gasteiger partial charge in [0.25, 0.3) is 0 Å². The van der Waals surface area contributed by atoms with E-state index < -0.39 is 71.4 Å². The number of phenols is 1. The molecular formula is C34H36F6INO6. The normalized spacial score (nSPS) is 21.2. The molecule has 1 heterocycles. The van der Waals surface area contributed by atoms with Gasteiger partial charge in [-0.2, -0.15) is 26.3 Å². The lowest BCUT2D eigenvalue weighted by Crippen LogP contribution is -2.39. The van der Waals surface area contributed by atoms with Crippen LogP contribution >= 0.6 is 22.6 Å². The summed E-state index contributed by atoms with van der Waals surface area (Å²) in [5.74, 6) is -5.16. The molecule has 14 heteroatoms. The molecule has 4 atom stereocenters. The second-order valence-corrected chi connectivity index (χ2v) is 13.1. The number of methoxy groups -OCH3 is 1. The van der Waals surface area contributed by atoms with Crippen LogP contribution in [0.15, 0.2) is 47.1 Å². The van der Waals surface area contributed by atoms with Gasteiger partial charge in [0.05, 0.1) is 52.0 Å². The standard InChI is InChI=1S/C34H36F6INO6/c1-4-6-19-12-23-29(32(47)42(31(23)46)22-14-20(33(35,36)37)13-21(15-22)34(38,39)40)24(16-43)28(19)26(44)8-7-17(5-2)9-18-10-25(41)30(45)27(11-18)48-3/h9-11,13-15,23-24,26,29,43-45H,4-8,12,16H2,1-3H3/b17-9+/t23-,24+,26-,29-/m1/s1. The van der Waals surface area contributed by atoms with Gasteiger partial charge in [-0.25, -0.2) is 4.90 Å². The molecule has 48 heavy (non-hydrogen) atoms. The highest BCUT2D eigenvalue weighted by atomic mass is 127. The highest BCUT2D eigenvalue weighted by Crippen LogP contribution is 2.49. The van der Waals surface area contributed by atoms with Crippen molar-refractivity contribution < 1.29 is 56.0 Å². The Morgan fingerprint density at radius 2 is 1.67 bits per heavy atom. The number of aliphatic hydroxyl groups is 2. The number of benzene rings is 2. The first-order valence-electron chi connectivity index (χ1n) is 15.4. The van der Waals surface area contributed by atoms with E-state index in [0.717, 1.165) is 11.1 Å². The quantitative estimate of drug-likeness (QED) is 0.0925. The van der Waals surface area contributed by atoms with E-state index in [0.29, 0.717) is 63.2 Å². The van der Waals surface area contributed by atoms with Crippen LogP contribution in [-0.4, -0.2) is 47.0 Å². The summed E-state index contributed by atoms with van der Waals surface area (Å²) in [5.41, 5.74) is -1.47. The Kier molecular flexibility index (Phi) is 11.6. The smallest absolute Gasteiger partial charge is 0.416 e. The number of fused-ring (bicyclic) bond motifs is 1. The van der Waals surface area contributed by atoms with Crippen molar-refractivity contribution in [2.45, 2.75) is 70.8 Å². The molecule has 1 aliphatic heterocycles. The van der Waals surface area contributed by atoms with Gasteiger partial charge in [-0.1, -0.05) is 37.5 Å². The largest absolute Gasteiger partial charge is 0.504 e. The molecule has 2 aromatic rings. The number of nitrogens with zero attached hydrogens (tertiary/aromatic N) is 1. The first-order chi connectivity index (χ1) is 22.5. The van der Waals surface area contributed by atoms with Gasteiger partial charge in [-0.05, 0) is 96.2 Å². The molecule has 2 aliphatic rings. The van der Waals surface area contributed by atoms with Crippen LogP contribution in [0.3, 0.4) is 0 Å². The molecule has 1 saturated heterocycles. The lowest BCUT2D eigenvalue weighted by Gasteiger charge is -2.36. The van der Waals surface area contributed by atoms with Crippen LogP contribution in [0, 0.1) is 21.3 Å². The molecule has 0 bridgehead atoms. The molecule has 4 rings (SSSR count). The van der Waals surface area contributed by atoms with Crippen LogP contribution in [0.5, 0.6) is 11.5 Å². The van der Waals surface area contributed by atoms with Crippen LogP contribution in [0.25, 0.3) is 6.08 Å². The molecule has 262 valence electrons. The summed E-state index contributed by atoms with van der Waals surface area (Å²) in [5, 5.41) is 32.3. The summed E-state index contributed by atoms with van der Waals surface area (Å²) in [6, 6.07) is 4.05. The average molecular weight is 796 g/mol. The number of halogens is 7. The van der Waals surface area contributed by atoms with E-state index in [1.807, 2.05) is 42.5 Å². The fourth-order valence-electron chi connectivity index (χ4n) is 6.72. The lowest BCUT2D eigenvalue weighted by molar-refractivity contribution is -0.143. The van der Waals surface area contributed by atoms with E-state index in [1.54, 1.807) is 12.1 Å². The second-order valence-electron chi connectivity index (χ2n) is 12.0. The van der Waals surface area contributed by atoms with E-state index in [9.17, 15) is 51.3 Å². The van der Waals surface area contributed by atoms with Crippen molar-refractivity contribution in [2.24, 2.45) is 17.8 Å². The number of imide groups is 1. The summed E-state index contributed by atoms with van der Waals surface area (Å²) in [6.45, 7) is 3.11. The minimum atomic E-state index is -5.19. The first-order valence-corrected chi connectivity index (χ1v) is 16.5. The van der Waals surface area contributed by atoms with Gasteiger partial charge >= 0.3 is 12.4 Å². The summed E-state index contributed by atoms with van der Waals surface area (Å²) >= 11 is 1.98. The number of allylic oxidation sites excluding steroid dienone is 2. The number of anilines is 1. The number of ether oxygens (including phenoxy) is 1. The van der Waals surface area contributed by atoms with Crippen LogP contribution in [0.1, 0.15) is 69.1 Å². The predicted octanol–water partition coefficient (Wildman–Crippen LogP) is 7.89. The number of aliphatic hydroxyl groups excluding tert-OH is 2.